The van der Waals surface area contributed by atoms with E-state index in [-0.39, 0.29) is 0 Å². The largest absolute Gasteiger partial charge is 0.467 e. The highest BCUT2D eigenvalue weighted by atomic mass is 28.3. The van der Waals surface area contributed by atoms with Gasteiger partial charge in [-0.15, -0.1) is 0 Å². The van der Waals surface area contributed by atoms with E-state index in [1.165, 1.54) is 7.11 Å². The summed E-state index contributed by atoms with van der Waals surface area (Å²) in [5, 5.41) is 5.48. The van der Waals surface area contributed by atoms with Crippen LogP contribution in [0, 0.1) is 5.41 Å². The second-order valence-electron chi connectivity index (χ2n) is 10.3. The third-order valence-corrected chi connectivity index (χ3v) is 5.92. The molecule has 0 saturated heterocycles. The van der Waals surface area contributed by atoms with Crippen LogP contribution in [-0.2, 0) is 19.1 Å². The van der Waals surface area contributed by atoms with Crippen LogP contribution < -0.4 is 10.6 Å². The van der Waals surface area contributed by atoms with Crippen LogP contribution >= 0.6 is 0 Å². The van der Waals surface area contributed by atoms with Crippen molar-refractivity contribution in [3.63, 3.8) is 0 Å². The SMILES string of the molecule is COC(=O)[C@](C)(NC(=O)[C@@H](C[Si](C)(C)C)NC(=O)OC(C)(C)C)C(C)(C)C. The topological polar surface area (TPSA) is 93.7 Å². The maximum atomic E-state index is 13.0. The zero-order valence-electron chi connectivity index (χ0n) is 18.8. The Balaban J connectivity index is 5.62. The number of nitrogens with one attached hydrogen (secondary N) is 2. The molecule has 0 bridgehead atoms. The average Bonchev–Trinajstić information content (AvgIpc) is 2.40. The number of carbonyl (C=O) groups excluding carboxylic acids is 3. The number of alkyl carbamates (subject to hydrolysis) is 1. The predicted molar refractivity (Wildman–Crippen MR) is 109 cm³/mol. The van der Waals surface area contributed by atoms with Gasteiger partial charge < -0.3 is 20.1 Å². The fraction of sp³-hybridized carbons (Fsp3) is 0.842. The highest BCUT2D eigenvalue weighted by molar-refractivity contribution is 6.76. The zero-order valence-corrected chi connectivity index (χ0v) is 19.8. The van der Waals surface area contributed by atoms with Crippen LogP contribution in [0.5, 0.6) is 0 Å². The second-order valence-corrected chi connectivity index (χ2v) is 15.8. The molecule has 0 aliphatic heterocycles. The average molecular weight is 403 g/mol. The number of hydrogen-bond donors (Lipinski definition) is 2. The van der Waals surface area contributed by atoms with Gasteiger partial charge in [0.2, 0.25) is 5.91 Å². The first kappa shape index (κ1) is 25.4. The Hall–Kier alpha value is -1.57. The number of methoxy groups -OCH3 is 1. The summed E-state index contributed by atoms with van der Waals surface area (Å²) in [7, 11) is -0.424. The van der Waals surface area contributed by atoms with Gasteiger partial charge in [-0.3, -0.25) is 4.79 Å². The molecule has 0 aliphatic carbocycles. The Bertz CT molecular complexity index is 558. The Morgan fingerprint density at radius 3 is 1.78 bits per heavy atom. The highest BCUT2D eigenvalue weighted by Gasteiger charge is 2.48. The Morgan fingerprint density at radius 2 is 1.44 bits per heavy atom. The van der Waals surface area contributed by atoms with Crippen molar-refractivity contribution >= 4 is 26.0 Å². The third kappa shape index (κ3) is 8.32. The lowest BCUT2D eigenvalue weighted by molar-refractivity contribution is -0.155. The van der Waals surface area contributed by atoms with Crippen LogP contribution in [0.1, 0.15) is 48.5 Å². The first-order valence-corrected chi connectivity index (χ1v) is 12.9. The van der Waals surface area contributed by atoms with E-state index in [1.807, 2.05) is 20.8 Å². The molecule has 0 fully saturated rings. The number of amides is 2. The molecule has 158 valence electrons. The lowest BCUT2D eigenvalue weighted by atomic mass is 9.74. The summed E-state index contributed by atoms with van der Waals surface area (Å²) in [5.74, 6) is -0.960. The van der Waals surface area contributed by atoms with Gasteiger partial charge in [0.05, 0.1) is 7.11 Å². The number of esters is 1. The van der Waals surface area contributed by atoms with Crippen molar-refractivity contribution in [3.05, 3.63) is 0 Å². The summed E-state index contributed by atoms with van der Waals surface area (Å²) in [5.41, 5.74) is -2.51. The van der Waals surface area contributed by atoms with E-state index in [0.29, 0.717) is 6.04 Å². The predicted octanol–water partition coefficient (Wildman–Crippen LogP) is 3.31. The lowest BCUT2D eigenvalue weighted by Crippen LogP contribution is -2.64. The Kier molecular flexibility index (Phi) is 8.12. The van der Waals surface area contributed by atoms with E-state index < -0.39 is 48.6 Å². The van der Waals surface area contributed by atoms with Gasteiger partial charge in [-0.2, -0.15) is 0 Å². The molecule has 8 heteroatoms. The monoisotopic (exact) mass is 402 g/mol. The van der Waals surface area contributed by atoms with E-state index in [2.05, 4.69) is 30.3 Å². The maximum Gasteiger partial charge on any atom is 0.408 e. The fourth-order valence-corrected chi connectivity index (χ4v) is 3.87. The second kappa shape index (κ2) is 8.62. The van der Waals surface area contributed by atoms with E-state index in [9.17, 15) is 14.4 Å². The van der Waals surface area contributed by atoms with Gasteiger partial charge in [-0.25, -0.2) is 9.59 Å². The first-order valence-electron chi connectivity index (χ1n) is 9.22. The molecule has 0 aromatic rings. The van der Waals surface area contributed by atoms with Crippen molar-refractivity contribution in [1.29, 1.82) is 0 Å². The van der Waals surface area contributed by atoms with Gasteiger partial charge in [-0.1, -0.05) is 40.4 Å². The fourth-order valence-electron chi connectivity index (χ4n) is 2.35. The van der Waals surface area contributed by atoms with Crippen LogP contribution in [0.3, 0.4) is 0 Å². The smallest absolute Gasteiger partial charge is 0.408 e. The van der Waals surface area contributed by atoms with Crippen molar-refractivity contribution in [2.24, 2.45) is 5.41 Å². The molecule has 2 N–H and O–H groups in total. The minimum Gasteiger partial charge on any atom is -0.467 e. The molecular weight excluding hydrogens is 364 g/mol. The van der Waals surface area contributed by atoms with Gasteiger partial charge in [0.1, 0.15) is 17.2 Å². The molecule has 0 aromatic carbocycles. The molecule has 2 amide bonds. The number of ether oxygens (including phenoxy) is 2. The van der Waals surface area contributed by atoms with Gasteiger partial charge in [0, 0.05) is 8.07 Å². The number of hydrogen-bond acceptors (Lipinski definition) is 5. The summed E-state index contributed by atoms with van der Waals surface area (Å²) in [6.07, 6.45) is -0.656. The molecule has 0 aromatic heterocycles. The van der Waals surface area contributed by atoms with Crippen LogP contribution in [0.2, 0.25) is 25.7 Å². The first-order chi connectivity index (χ1) is 11.8. The van der Waals surface area contributed by atoms with Crippen molar-refractivity contribution in [3.8, 4) is 0 Å². The molecular formula is C19H38N2O5Si. The summed E-state index contributed by atoms with van der Waals surface area (Å²) in [4.78, 5) is 37.7. The quantitative estimate of drug-likeness (QED) is 0.525. The van der Waals surface area contributed by atoms with Crippen molar-refractivity contribution < 1.29 is 23.9 Å². The van der Waals surface area contributed by atoms with Crippen molar-refractivity contribution in [1.82, 2.24) is 10.6 Å². The van der Waals surface area contributed by atoms with E-state index in [1.54, 1.807) is 27.7 Å². The summed E-state index contributed by atoms with van der Waals surface area (Å²) >= 11 is 0. The third-order valence-electron chi connectivity index (χ3n) is 4.29. The van der Waals surface area contributed by atoms with Gasteiger partial charge in [0.25, 0.3) is 0 Å². The zero-order chi connectivity index (χ0) is 21.8. The summed E-state index contributed by atoms with van der Waals surface area (Å²) in [6, 6.07) is -0.280. The highest BCUT2D eigenvalue weighted by Crippen LogP contribution is 2.31. The molecule has 0 radical (unpaired) electrons. The molecule has 0 aliphatic rings. The van der Waals surface area contributed by atoms with E-state index in [4.69, 9.17) is 9.47 Å². The van der Waals surface area contributed by atoms with Gasteiger partial charge >= 0.3 is 12.1 Å². The number of rotatable bonds is 6. The van der Waals surface area contributed by atoms with Crippen LogP contribution in [-0.4, -0.2) is 50.3 Å². The van der Waals surface area contributed by atoms with E-state index >= 15 is 0 Å². The van der Waals surface area contributed by atoms with Crippen LogP contribution in [0.15, 0.2) is 0 Å². The molecule has 0 unspecified atom stereocenters. The molecule has 0 saturated carbocycles. The Labute approximate surface area is 165 Å². The van der Waals surface area contributed by atoms with Gasteiger partial charge in [0.15, 0.2) is 0 Å². The normalized spacial score (nSPS) is 16.0. The summed E-state index contributed by atoms with van der Waals surface area (Å²) in [6.45, 7) is 18.8. The molecule has 27 heavy (non-hydrogen) atoms. The number of carbonyl (C=O) groups is 3. The lowest BCUT2D eigenvalue weighted by Gasteiger charge is -2.40. The standard InChI is InChI=1S/C19H38N2O5Si/c1-17(2,3)19(7,15(23)25-8)21-14(22)13(12-27(9,10)11)20-16(24)26-18(4,5)6/h13H,12H2,1-11H3,(H,20,24)(H,21,22)/t13-,19+/m1/s1. The molecule has 2 atom stereocenters. The Morgan fingerprint density at radius 1 is 0.963 bits per heavy atom. The molecule has 0 rings (SSSR count). The molecule has 0 spiro atoms. The molecule has 7 nitrogen and oxygen atoms in total. The van der Waals surface area contributed by atoms with Crippen molar-refractivity contribution in [2.45, 2.75) is 91.3 Å². The summed E-state index contributed by atoms with van der Waals surface area (Å²) < 4.78 is 10.2. The molecule has 0 heterocycles. The maximum absolute atomic E-state index is 13.0. The minimum absolute atomic E-state index is 0.425. The minimum atomic E-state index is -1.71. The van der Waals surface area contributed by atoms with Crippen molar-refractivity contribution in [2.75, 3.05) is 7.11 Å². The van der Waals surface area contributed by atoms with Crippen LogP contribution in [0.4, 0.5) is 4.79 Å². The van der Waals surface area contributed by atoms with E-state index in [0.717, 1.165) is 0 Å². The van der Waals surface area contributed by atoms with Crippen LogP contribution in [0.25, 0.3) is 0 Å². The van der Waals surface area contributed by atoms with Gasteiger partial charge in [-0.05, 0) is 39.2 Å².